The van der Waals surface area contributed by atoms with Crippen LogP contribution < -0.4 is 5.73 Å². The number of fused-ring (bicyclic) bond motifs is 1. The van der Waals surface area contributed by atoms with Crippen LogP contribution in [-0.2, 0) is 11.2 Å². The van der Waals surface area contributed by atoms with Gasteiger partial charge in [-0.3, -0.25) is 9.89 Å². The monoisotopic (exact) mass is 266 g/mol. The molecule has 2 aromatic heterocycles. The summed E-state index contributed by atoms with van der Waals surface area (Å²) in [5, 5.41) is 7.76. The molecule has 20 heavy (non-hydrogen) atoms. The molecular weight excluding hydrogens is 252 g/mol. The third kappa shape index (κ3) is 2.25. The van der Waals surface area contributed by atoms with Crippen LogP contribution >= 0.6 is 0 Å². The van der Waals surface area contributed by atoms with E-state index < -0.39 is 0 Å². The predicted molar refractivity (Wildman–Crippen MR) is 77.0 cm³/mol. The van der Waals surface area contributed by atoms with Crippen LogP contribution in [0.4, 0.5) is 0 Å². The summed E-state index contributed by atoms with van der Waals surface area (Å²) in [6.45, 7) is 2.03. The molecule has 0 unspecified atom stereocenters. The summed E-state index contributed by atoms with van der Waals surface area (Å²) < 4.78 is 0. The van der Waals surface area contributed by atoms with Crippen LogP contribution in [0.3, 0.4) is 0 Å². The van der Waals surface area contributed by atoms with Crippen molar-refractivity contribution in [3.8, 4) is 11.3 Å². The van der Waals surface area contributed by atoms with Crippen molar-refractivity contribution in [1.29, 1.82) is 0 Å². The van der Waals surface area contributed by atoms with E-state index in [1.165, 1.54) is 0 Å². The fourth-order valence-corrected chi connectivity index (χ4v) is 2.29. The number of aryl methyl sites for hydroxylation is 1. The fraction of sp³-hybridized carbons (Fsp3) is 0.133. The van der Waals surface area contributed by atoms with Gasteiger partial charge in [0.05, 0.1) is 23.8 Å². The first-order chi connectivity index (χ1) is 9.63. The van der Waals surface area contributed by atoms with Gasteiger partial charge in [0.1, 0.15) is 0 Å². The molecule has 5 nitrogen and oxygen atoms in total. The largest absolute Gasteiger partial charge is 0.369 e. The number of rotatable bonds is 3. The first-order valence-electron chi connectivity index (χ1n) is 6.31. The lowest BCUT2D eigenvalue weighted by atomic mass is 10.0. The molecule has 0 aliphatic carbocycles. The fourth-order valence-electron chi connectivity index (χ4n) is 2.29. The summed E-state index contributed by atoms with van der Waals surface area (Å²) in [6, 6.07) is 7.80. The molecular formula is C15H14N4O. The van der Waals surface area contributed by atoms with Gasteiger partial charge >= 0.3 is 0 Å². The molecule has 0 bridgehead atoms. The molecule has 3 N–H and O–H groups in total. The zero-order chi connectivity index (χ0) is 14.1. The van der Waals surface area contributed by atoms with Gasteiger partial charge in [-0.25, -0.2) is 4.98 Å². The van der Waals surface area contributed by atoms with Gasteiger partial charge in [0.15, 0.2) is 0 Å². The van der Waals surface area contributed by atoms with Crippen molar-refractivity contribution >= 4 is 16.8 Å². The Morgan fingerprint density at radius 3 is 2.90 bits per heavy atom. The van der Waals surface area contributed by atoms with Crippen LogP contribution in [0.25, 0.3) is 22.2 Å². The molecule has 0 aliphatic rings. The number of carbonyl (C=O) groups excluding carboxylic acids is 1. The lowest BCUT2D eigenvalue weighted by molar-refractivity contribution is -0.117. The van der Waals surface area contributed by atoms with Gasteiger partial charge in [0.25, 0.3) is 0 Å². The Kier molecular flexibility index (Phi) is 2.95. The summed E-state index contributed by atoms with van der Waals surface area (Å²) in [5.41, 5.74) is 9.98. The smallest absolute Gasteiger partial charge is 0.221 e. The molecule has 2 heterocycles. The number of nitrogens with one attached hydrogen (secondary N) is 1. The normalized spacial score (nSPS) is 10.8. The van der Waals surface area contributed by atoms with E-state index >= 15 is 0 Å². The van der Waals surface area contributed by atoms with Gasteiger partial charge in [0, 0.05) is 17.1 Å². The number of benzene rings is 1. The van der Waals surface area contributed by atoms with Crippen LogP contribution in [0.5, 0.6) is 0 Å². The minimum absolute atomic E-state index is 0.249. The lowest BCUT2D eigenvalue weighted by Crippen LogP contribution is -2.13. The SMILES string of the molecule is Cc1cc(-c2cn[nH]c2)nc2ccc(CC(N)=O)cc12. The third-order valence-electron chi connectivity index (χ3n) is 3.25. The minimum atomic E-state index is -0.329. The highest BCUT2D eigenvalue weighted by atomic mass is 16.1. The summed E-state index contributed by atoms with van der Waals surface area (Å²) in [7, 11) is 0. The van der Waals surface area contributed by atoms with Crippen LogP contribution in [0, 0.1) is 6.92 Å². The first-order valence-corrected chi connectivity index (χ1v) is 6.31. The molecule has 3 aromatic rings. The Balaban J connectivity index is 2.12. The van der Waals surface area contributed by atoms with Crippen molar-refractivity contribution in [3.05, 3.63) is 47.8 Å². The quantitative estimate of drug-likeness (QED) is 0.760. The van der Waals surface area contributed by atoms with Crippen molar-refractivity contribution in [2.45, 2.75) is 13.3 Å². The number of nitrogens with zero attached hydrogens (tertiary/aromatic N) is 2. The van der Waals surface area contributed by atoms with Gasteiger partial charge in [0.2, 0.25) is 5.91 Å². The molecule has 1 aromatic carbocycles. The number of primary amides is 1. The highest BCUT2D eigenvalue weighted by molar-refractivity contribution is 5.87. The number of pyridine rings is 1. The summed E-state index contributed by atoms with van der Waals surface area (Å²) in [5.74, 6) is -0.329. The Hall–Kier alpha value is -2.69. The summed E-state index contributed by atoms with van der Waals surface area (Å²) in [6.07, 6.45) is 3.81. The second kappa shape index (κ2) is 4.77. The first kappa shape index (κ1) is 12.3. The van der Waals surface area contributed by atoms with Crippen molar-refractivity contribution in [1.82, 2.24) is 15.2 Å². The van der Waals surface area contributed by atoms with Crippen LogP contribution in [0.1, 0.15) is 11.1 Å². The highest BCUT2D eigenvalue weighted by Gasteiger charge is 2.07. The number of H-pyrrole nitrogens is 1. The Morgan fingerprint density at radius 2 is 2.20 bits per heavy atom. The average molecular weight is 266 g/mol. The Bertz CT molecular complexity index is 778. The summed E-state index contributed by atoms with van der Waals surface area (Å²) in [4.78, 5) is 15.6. The minimum Gasteiger partial charge on any atom is -0.369 e. The molecule has 0 aliphatic heterocycles. The van der Waals surface area contributed by atoms with E-state index in [-0.39, 0.29) is 12.3 Å². The molecule has 0 atom stereocenters. The van der Waals surface area contributed by atoms with Crippen molar-refractivity contribution in [2.24, 2.45) is 5.73 Å². The Labute approximate surface area is 115 Å². The number of hydrogen-bond donors (Lipinski definition) is 2. The van der Waals surface area contributed by atoms with E-state index in [2.05, 4.69) is 15.2 Å². The molecule has 3 rings (SSSR count). The van der Waals surface area contributed by atoms with E-state index in [0.29, 0.717) is 0 Å². The highest BCUT2D eigenvalue weighted by Crippen LogP contribution is 2.24. The van der Waals surface area contributed by atoms with Gasteiger partial charge in [-0.2, -0.15) is 5.10 Å². The van der Waals surface area contributed by atoms with E-state index in [9.17, 15) is 4.79 Å². The predicted octanol–water partition coefficient (Wildman–Crippen LogP) is 1.96. The number of amides is 1. The molecule has 0 fully saturated rings. The van der Waals surface area contributed by atoms with Crippen molar-refractivity contribution < 1.29 is 4.79 Å². The zero-order valence-corrected chi connectivity index (χ0v) is 11.1. The molecule has 0 saturated heterocycles. The second-order valence-electron chi connectivity index (χ2n) is 4.81. The maximum absolute atomic E-state index is 11.0. The maximum Gasteiger partial charge on any atom is 0.221 e. The average Bonchev–Trinajstić information content (AvgIpc) is 2.92. The summed E-state index contributed by atoms with van der Waals surface area (Å²) >= 11 is 0. The van der Waals surface area contributed by atoms with E-state index in [1.807, 2.05) is 37.4 Å². The number of nitrogens with two attached hydrogens (primary N) is 1. The molecule has 1 amide bonds. The van der Waals surface area contributed by atoms with E-state index in [4.69, 9.17) is 5.73 Å². The van der Waals surface area contributed by atoms with Gasteiger partial charge in [-0.15, -0.1) is 0 Å². The number of aromatic nitrogens is 3. The zero-order valence-electron chi connectivity index (χ0n) is 11.1. The number of hydrogen-bond acceptors (Lipinski definition) is 3. The molecule has 5 heteroatoms. The number of carbonyl (C=O) groups is 1. The molecule has 0 saturated carbocycles. The van der Waals surface area contributed by atoms with Crippen LogP contribution in [0.15, 0.2) is 36.7 Å². The second-order valence-corrected chi connectivity index (χ2v) is 4.81. The number of aromatic amines is 1. The van der Waals surface area contributed by atoms with Crippen molar-refractivity contribution in [3.63, 3.8) is 0 Å². The standard InChI is InChI=1S/C15H14N4O/c1-9-4-14(11-7-17-18-8-11)19-13-3-2-10(5-12(9)13)6-15(16)20/h2-5,7-8H,6H2,1H3,(H2,16,20)(H,17,18). The van der Waals surface area contributed by atoms with E-state index in [0.717, 1.165) is 33.3 Å². The van der Waals surface area contributed by atoms with Gasteiger partial charge in [-0.05, 0) is 36.2 Å². The third-order valence-corrected chi connectivity index (χ3v) is 3.25. The van der Waals surface area contributed by atoms with Crippen LogP contribution in [0.2, 0.25) is 0 Å². The molecule has 0 radical (unpaired) electrons. The topological polar surface area (TPSA) is 84.7 Å². The maximum atomic E-state index is 11.0. The van der Waals surface area contributed by atoms with Gasteiger partial charge < -0.3 is 5.73 Å². The van der Waals surface area contributed by atoms with E-state index in [1.54, 1.807) is 6.20 Å². The van der Waals surface area contributed by atoms with Gasteiger partial charge in [-0.1, -0.05) is 6.07 Å². The molecule has 0 spiro atoms. The van der Waals surface area contributed by atoms with Crippen LogP contribution in [-0.4, -0.2) is 21.1 Å². The Morgan fingerprint density at radius 1 is 1.35 bits per heavy atom. The lowest BCUT2D eigenvalue weighted by Gasteiger charge is -2.07. The molecule has 100 valence electrons. The van der Waals surface area contributed by atoms with Crippen molar-refractivity contribution in [2.75, 3.05) is 0 Å².